The third kappa shape index (κ3) is 1.51. The smallest absolute Gasteiger partial charge is 0.177 e. The lowest BCUT2D eigenvalue weighted by Gasteiger charge is -2.01. The first kappa shape index (κ1) is 8.85. The molecule has 1 aliphatic rings. The summed E-state index contributed by atoms with van der Waals surface area (Å²) in [6.07, 6.45) is 3.03. The van der Waals surface area contributed by atoms with E-state index in [1.807, 2.05) is 13.1 Å². The zero-order chi connectivity index (χ0) is 10.3. The van der Waals surface area contributed by atoms with E-state index in [2.05, 4.69) is 26.3 Å². The molecule has 0 radical (unpaired) electrons. The number of nitrogens with one attached hydrogen (secondary N) is 2. The summed E-state index contributed by atoms with van der Waals surface area (Å²) < 4.78 is 0. The first-order valence-corrected chi connectivity index (χ1v) is 5.36. The van der Waals surface area contributed by atoms with Crippen molar-refractivity contribution in [2.24, 2.45) is 0 Å². The maximum atomic E-state index is 4.53. The molecule has 1 atom stereocenters. The first-order valence-electron chi connectivity index (χ1n) is 5.36. The van der Waals surface area contributed by atoms with Gasteiger partial charge in [0.25, 0.3) is 0 Å². The highest BCUT2D eigenvalue weighted by Crippen LogP contribution is 2.21. The van der Waals surface area contributed by atoms with Gasteiger partial charge in [-0.3, -0.25) is 0 Å². The monoisotopic (exact) mass is 202 g/mol. The molecule has 3 heterocycles. The Labute approximate surface area is 88.1 Å². The van der Waals surface area contributed by atoms with Gasteiger partial charge < -0.3 is 10.3 Å². The van der Waals surface area contributed by atoms with E-state index in [-0.39, 0.29) is 0 Å². The fraction of sp³-hybridized carbons (Fsp3) is 0.455. The summed E-state index contributed by atoms with van der Waals surface area (Å²) in [4.78, 5) is 12.2. The first-order chi connectivity index (χ1) is 7.33. The molecule has 4 heteroatoms. The van der Waals surface area contributed by atoms with Gasteiger partial charge in [-0.2, -0.15) is 0 Å². The van der Waals surface area contributed by atoms with Crippen LogP contribution in [0.3, 0.4) is 0 Å². The summed E-state index contributed by atoms with van der Waals surface area (Å²) >= 11 is 0. The largest absolute Gasteiger partial charge is 0.340 e. The van der Waals surface area contributed by atoms with E-state index in [9.17, 15) is 0 Å². The quantitative estimate of drug-likeness (QED) is 0.733. The zero-order valence-electron chi connectivity index (χ0n) is 8.75. The van der Waals surface area contributed by atoms with Crippen LogP contribution in [0.15, 0.2) is 12.3 Å². The molecule has 2 aromatic heterocycles. The van der Waals surface area contributed by atoms with Gasteiger partial charge in [0, 0.05) is 18.7 Å². The van der Waals surface area contributed by atoms with Crippen molar-refractivity contribution in [3.8, 4) is 0 Å². The fourth-order valence-electron chi connectivity index (χ4n) is 2.10. The molecule has 0 saturated carbocycles. The van der Waals surface area contributed by atoms with Crippen LogP contribution in [0.4, 0.5) is 0 Å². The number of aryl methyl sites for hydroxylation is 1. The lowest BCUT2D eigenvalue weighted by atomic mass is 10.1. The van der Waals surface area contributed by atoms with Gasteiger partial charge in [0.15, 0.2) is 5.65 Å². The fourth-order valence-corrected chi connectivity index (χ4v) is 2.10. The Hall–Kier alpha value is -1.42. The topological polar surface area (TPSA) is 53.6 Å². The van der Waals surface area contributed by atoms with Gasteiger partial charge in [-0.05, 0) is 31.5 Å². The van der Waals surface area contributed by atoms with Crippen molar-refractivity contribution >= 4 is 11.2 Å². The van der Waals surface area contributed by atoms with Crippen molar-refractivity contribution < 1.29 is 0 Å². The number of aromatic nitrogens is 3. The summed E-state index contributed by atoms with van der Waals surface area (Å²) in [5.41, 5.74) is 3.06. The predicted molar refractivity (Wildman–Crippen MR) is 58.9 cm³/mol. The Morgan fingerprint density at radius 3 is 3.20 bits per heavy atom. The van der Waals surface area contributed by atoms with E-state index in [1.165, 1.54) is 12.0 Å². The van der Waals surface area contributed by atoms with Crippen molar-refractivity contribution in [3.63, 3.8) is 0 Å². The Kier molecular flexibility index (Phi) is 1.95. The molecule has 0 bridgehead atoms. The molecule has 1 saturated heterocycles. The highest BCUT2D eigenvalue weighted by Gasteiger charge is 2.20. The molecule has 2 aromatic rings. The van der Waals surface area contributed by atoms with Crippen molar-refractivity contribution in [3.05, 3.63) is 23.7 Å². The number of pyridine rings is 1. The highest BCUT2D eigenvalue weighted by atomic mass is 15.0. The van der Waals surface area contributed by atoms with Gasteiger partial charge >= 0.3 is 0 Å². The summed E-state index contributed by atoms with van der Waals surface area (Å²) in [5.74, 6) is 1.60. The van der Waals surface area contributed by atoms with E-state index in [0.29, 0.717) is 5.92 Å². The molecular weight excluding hydrogens is 188 g/mol. The average Bonchev–Trinajstić information content (AvgIpc) is 2.84. The van der Waals surface area contributed by atoms with Crippen LogP contribution in [0.25, 0.3) is 11.2 Å². The average molecular weight is 202 g/mol. The normalized spacial score (nSPS) is 21.3. The Balaban J connectivity index is 2.05. The SMILES string of the molecule is Cc1cnc2nc(C3CCNC3)[nH]c2c1. The second kappa shape index (κ2) is 3.31. The van der Waals surface area contributed by atoms with Crippen LogP contribution >= 0.6 is 0 Å². The molecule has 0 spiro atoms. The number of nitrogens with zero attached hydrogens (tertiary/aromatic N) is 2. The Morgan fingerprint density at radius 1 is 1.47 bits per heavy atom. The zero-order valence-corrected chi connectivity index (χ0v) is 8.75. The molecule has 0 aromatic carbocycles. The number of hydrogen-bond donors (Lipinski definition) is 2. The second-order valence-corrected chi connectivity index (χ2v) is 4.20. The summed E-state index contributed by atoms with van der Waals surface area (Å²) in [7, 11) is 0. The van der Waals surface area contributed by atoms with Crippen molar-refractivity contribution in [2.45, 2.75) is 19.3 Å². The molecule has 3 rings (SSSR count). The van der Waals surface area contributed by atoms with Gasteiger partial charge in [-0.1, -0.05) is 0 Å². The molecule has 0 amide bonds. The van der Waals surface area contributed by atoms with Gasteiger partial charge in [0.1, 0.15) is 5.82 Å². The van der Waals surface area contributed by atoms with E-state index < -0.39 is 0 Å². The van der Waals surface area contributed by atoms with Crippen LogP contribution in [0, 0.1) is 6.92 Å². The number of fused-ring (bicyclic) bond motifs is 1. The number of aromatic amines is 1. The third-order valence-corrected chi connectivity index (χ3v) is 2.94. The van der Waals surface area contributed by atoms with E-state index in [0.717, 1.165) is 30.1 Å². The van der Waals surface area contributed by atoms with E-state index in [1.54, 1.807) is 0 Å². The number of imidazole rings is 1. The minimum absolute atomic E-state index is 0.527. The molecule has 78 valence electrons. The van der Waals surface area contributed by atoms with Crippen LogP contribution in [0.2, 0.25) is 0 Å². The molecular formula is C11H14N4. The van der Waals surface area contributed by atoms with Crippen molar-refractivity contribution in [1.82, 2.24) is 20.3 Å². The Bertz CT molecular complexity index is 482. The van der Waals surface area contributed by atoms with Crippen molar-refractivity contribution in [1.29, 1.82) is 0 Å². The molecule has 1 aliphatic heterocycles. The lowest BCUT2D eigenvalue weighted by Crippen LogP contribution is -2.08. The van der Waals surface area contributed by atoms with E-state index >= 15 is 0 Å². The summed E-state index contributed by atoms with van der Waals surface area (Å²) in [5, 5.41) is 3.35. The predicted octanol–water partition coefficient (Wildman–Crippen LogP) is 1.34. The van der Waals surface area contributed by atoms with Gasteiger partial charge in [-0.25, -0.2) is 9.97 Å². The van der Waals surface area contributed by atoms with Crippen LogP contribution in [-0.2, 0) is 0 Å². The number of hydrogen-bond acceptors (Lipinski definition) is 3. The molecule has 1 fully saturated rings. The second-order valence-electron chi connectivity index (χ2n) is 4.20. The maximum Gasteiger partial charge on any atom is 0.177 e. The molecule has 0 aliphatic carbocycles. The van der Waals surface area contributed by atoms with Gasteiger partial charge in [0.05, 0.1) is 5.52 Å². The lowest BCUT2D eigenvalue weighted by molar-refractivity contribution is 0.717. The van der Waals surface area contributed by atoms with Gasteiger partial charge in [-0.15, -0.1) is 0 Å². The Morgan fingerprint density at radius 2 is 2.40 bits per heavy atom. The van der Waals surface area contributed by atoms with Crippen LogP contribution < -0.4 is 5.32 Å². The molecule has 15 heavy (non-hydrogen) atoms. The minimum atomic E-state index is 0.527. The van der Waals surface area contributed by atoms with Crippen LogP contribution in [0.5, 0.6) is 0 Å². The molecule has 2 N–H and O–H groups in total. The highest BCUT2D eigenvalue weighted by molar-refractivity contribution is 5.71. The standard InChI is InChI=1S/C11H14N4/c1-7-4-9-11(13-5-7)15-10(14-9)8-2-3-12-6-8/h4-5,8,12H,2-3,6H2,1H3,(H,13,14,15). The van der Waals surface area contributed by atoms with Crippen LogP contribution in [0.1, 0.15) is 23.7 Å². The molecule has 1 unspecified atom stereocenters. The van der Waals surface area contributed by atoms with E-state index in [4.69, 9.17) is 0 Å². The number of H-pyrrole nitrogens is 1. The van der Waals surface area contributed by atoms with Crippen LogP contribution in [-0.4, -0.2) is 28.0 Å². The molecule has 4 nitrogen and oxygen atoms in total. The maximum absolute atomic E-state index is 4.53. The van der Waals surface area contributed by atoms with Gasteiger partial charge in [0.2, 0.25) is 0 Å². The summed E-state index contributed by atoms with van der Waals surface area (Å²) in [6, 6.07) is 2.10. The minimum Gasteiger partial charge on any atom is -0.340 e. The van der Waals surface area contributed by atoms with Crippen molar-refractivity contribution in [2.75, 3.05) is 13.1 Å². The number of rotatable bonds is 1. The summed E-state index contributed by atoms with van der Waals surface area (Å²) in [6.45, 7) is 4.16. The third-order valence-electron chi connectivity index (χ3n) is 2.94.